The number of sulfone groups is 1. The fourth-order valence-corrected chi connectivity index (χ4v) is 3.78. The summed E-state index contributed by atoms with van der Waals surface area (Å²) in [6.07, 6.45) is 0.295. The lowest BCUT2D eigenvalue weighted by molar-refractivity contribution is 0.120. The van der Waals surface area contributed by atoms with E-state index in [9.17, 15) is 18.6 Å². The van der Waals surface area contributed by atoms with Crippen molar-refractivity contribution in [2.75, 3.05) is 6.61 Å². The lowest BCUT2D eigenvalue weighted by Crippen LogP contribution is -2.33. The van der Waals surface area contributed by atoms with Gasteiger partial charge in [0.1, 0.15) is 0 Å². The second-order valence-electron chi connectivity index (χ2n) is 5.38. The molecule has 0 aliphatic carbocycles. The van der Waals surface area contributed by atoms with Gasteiger partial charge >= 0.3 is 0 Å². The van der Waals surface area contributed by atoms with Crippen molar-refractivity contribution in [2.45, 2.75) is 23.7 Å². The third kappa shape index (κ3) is 3.74. The monoisotopic (exact) mass is 320 g/mol. The Kier molecular flexibility index (Phi) is 5.34. The zero-order valence-corrected chi connectivity index (χ0v) is 13.2. The zero-order valence-electron chi connectivity index (χ0n) is 12.4. The summed E-state index contributed by atoms with van der Waals surface area (Å²) < 4.78 is 24.9. The molecule has 5 heteroatoms. The van der Waals surface area contributed by atoms with Gasteiger partial charge in [-0.1, -0.05) is 48.0 Å². The maximum atomic E-state index is 12.5. The number of rotatable bonds is 6. The van der Waals surface area contributed by atoms with Gasteiger partial charge in [0.25, 0.3) is 0 Å². The molecule has 2 aromatic carbocycles. The van der Waals surface area contributed by atoms with Crippen LogP contribution < -0.4 is 0 Å². The highest BCUT2D eigenvalue weighted by atomic mass is 32.2. The predicted molar refractivity (Wildman–Crippen MR) is 85.1 cm³/mol. The summed E-state index contributed by atoms with van der Waals surface area (Å²) in [6.45, 7) is 1.46. The number of aliphatic hydroxyl groups is 2. The van der Waals surface area contributed by atoms with E-state index in [1.807, 2.05) is 37.3 Å². The van der Waals surface area contributed by atoms with E-state index in [0.29, 0.717) is 6.42 Å². The minimum absolute atomic E-state index is 0.0668. The molecule has 2 unspecified atom stereocenters. The van der Waals surface area contributed by atoms with Crippen molar-refractivity contribution in [3.63, 3.8) is 0 Å². The normalized spacial score (nSPS) is 14.5. The summed E-state index contributed by atoms with van der Waals surface area (Å²) in [7, 11) is -3.89. The smallest absolute Gasteiger partial charge is 0.205 e. The molecule has 0 spiro atoms. The molecule has 4 nitrogen and oxygen atoms in total. The van der Waals surface area contributed by atoms with Crippen LogP contribution in [0.5, 0.6) is 0 Å². The molecule has 2 rings (SSSR count). The Balaban J connectivity index is 2.23. The van der Waals surface area contributed by atoms with Crippen LogP contribution in [0.3, 0.4) is 0 Å². The van der Waals surface area contributed by atoms with E-state index in [1.165, 1.54) is 12.1 Å². The topological polar surface area (TPSA) is 74.6 Å². The molecule has 118 valence electrons. The van der Waals surface area contributed by atoms with Gasteiger partial charge in [0.05, 0.1) is 4.90 Å². The van der Waals surface area contributed by atoms with Crippen LogP contribution in [0.1, 0.15) is 11.1 Å². The van der Waals surface area contributed by atoms with Crippen LogP contribution in [-0.4, -0.2) is 30.7 Å². The van der Waals surface area contributed by atoms with Crippen LogP contribution >= 0.6 is 0 Å². The van der Waals surface area contributed by atoms with Gasteiger partial charge in [0.2, 0.25) is 9.84 Å². The fraction of sp³-hybridized carbons (Fsp3) is 0.294. The molecule has 0 aliphatic rings. The lowest BCUT2D eigenvalue weighted by atomic mass is 10.0. The second kappa shape index (κ2) is 7.05. The molecular formula is C17H20O4S. The molecule has 0 saturated carbocycles. The lowest BCUT2D eigenvalue weighted by Gasteiger charge is -2.21. The number of benzene rings is 2. The van der Waals surface area contributed by atoms with Crippen molar-refractivity contribution in [2.24, 2.45) is 5.92 Å². The van der Waals surface area contributed by atoms with Crippen molar-refractivity contribution in [1.82, 2.24) is 0 Å². The summed E-state index contributed by atoms with van der Waals surface area (Å²) in [5.41, 5.74) is 0.177. The van der Waals surface area contributed by atoms with E-state index in [0.717, 1.165) is 11.1 Å². The van der Waals surface area contributed by atoms with Crippen molar-refractivity contribution in [3.05, 3.63) is 65.7 Å². The first-order valence-corrected chi connectivity index (χ1v) is 8.63. The van der Waals surface area contributed by atoms with Gasteiger partial charge in [-0.15, -0.1) is 0 Å². The van der Waals surface area contributed by atoms with Gasteiger partial charge in [-0.05, 0) is 31.0 Å². The SMILES string of the molecule is Cc1ccc(S(=O)(=O)C(O)C(CO)Cc2ccccc2)cc1. The average Bonchev–Trinajstić information content (AvgIpc) is 2.53. The number of aryl methyl sites for hydroxylation is 1. The van der Waals surface area contributed by atoms with Crippen LogP contribution in [0.2, 0.25) is 0 Å². The van der Waals surface area contributed by atoms with Crippen LogP contribution in [0, 0.1) is 12.8 Å². The summed E-state index contributed by atoms with van der Waals surface area (Å²) in [6, 6.07) is 15.5. The molecule has 0 saturated heterocycles. The van der Waals surface area contributed by atoms with E-state index in [-0.39, 0.29) is 4.90 Å². The average molecular weight is 320 g/mol. The first kappa shape index (κ1) is 16.7. The summed E-state index contributed by atoms with van der Waals surface area (Å²) in [5.74, 6) is -0.770. The van der Waals surface area contributed by atoms with Gasteiger partial charge in [-0.3, -0.25) is 0 Å². The second-order valence-corrected chi connectivity index (χ2v) is 7.43. The minimum atomic E-state index is -3.89. The third-order valence-electron chi connectivity index (χ3n) is 3.65. The number of aliphatic hydroxyl groups excluding tert-OH is 2. The standard InChI is InChI=1S/C17H20O4S/c1-13-7-9-16(10-8-13)22(20,21)17(19)15(12-18)11-14-5-3-2-4-6-14/h2-10,15,17-19H,11-12H2,1H3. The predicted octanol–water partition coefficient (Wildman–Crippen LogP) is 1.94. The highest BCUT2D eigenvalue weighted by molar-refractivity contribution is 7.91. The van der Waals surface area contributed by atoms with Gasteiger partial charge in [0, 0.05) is 12.5 Å². The molecular weight excluding hydrogens is 300 g/mol. The quantitative estimate of drug-likeness (QED) is 0.853. The molecule has 22 heavy (non-hydrogen) atoms. The Hall–Kier alpha value is -1.69. The minimum Gasteiger partial charge on any atom is -0.396 e. The molecule has 2 N–H and O–H groups in total. The fourth-order valence-electron chi connectivity index (χ4n) is 2.29. The Morgan fingerprint density at radius 1 is 1.00 bits per heavy atom. The molecule has 0 heterocycles. The highest BCUT2D eigenvalue weighted by Gasteiger charge is 2.32. The molecule has 0 radical (unpaired) electrons. The van der Waals surface area contributed by atoms with Crippen molar-refractivity contribution >= 4 is 9.84 Å². The molecule has 0 bridgehead atoms. The van der Waals surface area contributed by atoms with Crippen molar-refractivity contribution in [3.8, 4) is 0 Å². The first-order chi connectivity index (χ1) is 10.4. The van der Waals surface area contributed by atoms with Crippen LogP contribution in [0.15, 0.2) is 59.5 Å². The first-order valence-electron chi connectivity index (χ1n) is 7.08. The Bertz CT molecular complexity index is 693. The Labute approximate surface area is 131 Å². The Morgan fingerprint density at radius 2 is 1.59 bits per heavy atom. The van der Waals surface area contributed by atoms with E-state index < -0.39 is 27.8 Å². The molecule has 0 aromatic heterocycles. The molecule has 2 aromatic rings. The summed E-state index contributed by atoms with van der Waals surface area (Å²) >= 11 is 0. The van der Waals surface area contributed by atoms with E-state index in [2.05, 4.69) is 0 Å². The van der Waals surface area contributed by atoms with E-state index in [1.54, 1.807) is 12.1 Å². The maximum absolute atomic E-state index is 12.5. The maximum Gasteiger partial charge on any atom is 0.205 e. The summed E-state index contributed by atoms with van der Waals surface area (Å²) in [5, 5.41) is 19.8. The van der Waals surface area contributed by atoms with Gasteiger partial charge < -0.3 is 10.2 Å². The van der Waals surface area contributed by atoms with Gasteiger partial charge in [0.15, 0.2) is 5.44 Å². The molecule has 0 amide bonds. The largest absolute Gasteiger partial charge is 0.396 e. The van der Waals surface area contributed by atoms with Crippen LogP contribution in [-0.2, 0) is 16.3 Å². The van der Waals surface area contributed by atoms with E-state index in [4.69, 9.17) is 0 Å². The van der Waals surface area contributed by atoms with Crippen molar-refractivity contribution in [1.29, 1.82) is 0 Å². The zero-order chi connectivity index (χ0) is 16.2. The summed E-state index contributed by atoms with van der Waals surface area (Å²) in [4.78, 5) is 0.0668. The third-order valence-corrected chi connectivity index (χ3v) is 5.60. The highest BCUT2D eigenvalue weighted by Crippen LogP contribution is 2.23. The molecule has 0 aliphatic heterocycles. The van der Waals surface area contributed by atoms with Gasteiger partial charge in [-0.2, -0.15) is 0 Å². The number of hydrogen-bond acceptors (Lipinski definition) is 4. The van der Waals surface area contributed by atoms with Gasteiger partial charge in [-0.25, -0.2) is 8.42 Å². The molecule has 2 atom stereocenters. The van der Waals surface area contributed by atoms with Crippen LogP contribution in [0.25, 0.3) is 0 Å². The molecule has 0 fully saturated rings. The number of hydrogen-bond donors (Lipinski definition) is 2. The van der Waals surface area contributed by atoms with E-state index >= 15 is 0 Å². The van der Waals surface area contributed by atoms with Crippen LogP contribution in [0.4, 0.5) is 0 Å². The Morgan fingerprint density at radius 3 is 2.14 bits per heavy atom. The van der Waals surface area contributed by atoms with Crippen molar-refractivity contribution < 1.29 is 18.6 Å².